The third-order valence-corrected chi connectivity index (χ3v) is 1.33. The van der Waals surface area contributed by atoms with Gasteiger partial charge in [-0.2, -0.15) is 0 Å². The normalized spacial score (nSPS) is 17.2. The minimum atomic E-state index is 0. The summed E-state index contributed by atoms with van der Waals surface area (Å²) in [6.07, 6.45) is 10.8. The third kappa shape index (κ3) is 5.32. The molecule has 0 aliphatic carbocycles. The van der Waals surface area contributed by atoms with Crippen LogP contribution in [0.1, 0.15) is 12.8 Å². The molecule has 0 unspecified atom stereocenters. The molecule has 0 aromatic carbocycles. The van der Waals surface area contributed by atoms with Crippen molar-refractivity contribution >= 4 is 0 Å². The van der Waals surface area contributed by atoms with Gasteiger partial charge in [0.05, 0.1) is 0 Å². The van der Waals surface area contributed by atoms with Crippen LogP contribution >= 0.6 is 0 Å². The van der Waals surface area contributed by atoms with Gasteiger partial charge in [0.1, 0.15) is 0 Å². The predicted molar refractivity (Wildman–Crippen MR) is 39.1 cm³/mol. The Morgan fingerprint density at radius 1 is 1.11 bits per heavy atom. The quantitative estimate of drug-likeness (QED) is 0.445. The van der Waals surface area contributed by atoms with E-state index in [1.807, 2.05) is 0 Å². The molecule has 1 heterocycles. The molecule has 1 rings (SSSR count). The summed E-state index contributed by atoms with van der Waals surface area (Å²) in [5.74, 6) is 0. The fraction of sp³-hybridized carbons (Fsp3) is 0.714. The predicted octanol–water partition coefficient (Wildman–Crippen LogP) is 1.11. The SMILES string of the molecule is C#C.CN1CCCC1.F. The van der Waals surface area contributed by atoms with E-state index >= 15 is 0 Å². The van der Waals surface area contributed by atoms with E-state index in [1.54, 1.807) is 0 Å². The lowest BCUT2D eigenvalue weighted by atomic mass is 10.4. The van der Waals surface area contributed by atoms with Gasteiger partial charge in [-0.3, -0.25) is 4.70 Å². The van der Waals surface area contributed by atoms with Crippen LogP contribution in [0, 0.1) is 12.8 Å². The maximum absolute atomic E-state index is 4.00. The van der Waals surface area contributed by atoms with Gasteiger partial charge in [-0.05, 0) is 33.0 Å². The molecule has 1 aliphatic heterocycles. The van der Waals surface area contributed by atoms with Crippen molar-refractivity contribution < 1.29 is 4.70 Å². The standard InChI is InChI=1S/C5H11N.C2H2.FH/c1-6-4-2-3-5-6;1-2;/h2-5H2,1H3;1-2H;1H. The Balaban J connectivity index is 0. The van der Waals surface area contributed by atoms with Crippen LogP contribution in [-0.2, 0) is 0 Å². The number of nitrogens with zero attached hydrogens (tertiary/aromatic N) is 1. The maximum Gasteiger partial charge on any atom is -0.00213 e. The highest BCUT2D eigenvalue weighted by atomic mass is 19.0. The fourth-order valence-corrected chi connectivity index (χ4v) is 0.875. The van der Waals surface area contributed by atoms with Crippen molar-refractivity contribution in [1.82, 2.24) is 4.90 Å². The van der Waals surface area contributed by atoms with Gasteiger partial charge in [-0.15, -0.1) is 12.8 Å². The van der Waals surface area contributed by atoms with Crippen LogP contribution < -0.4 is 0 Å². The van der Waals surface area contributed by atoms with E-state index < -0.39 is 0 Å². The summed E-state index contributed by atoms with van der Waals surface area (Å²) in [6, 6.07) is 0. The van der Waals surface area contributed by atoms with Crippen LogP contribution in [0.3, 0.4) is 0 Å². The van der Waals surface area contributed by atoms with Crippen LogP contribution in [0.15, 0.2) is 0 Å². The lowest BCUT2D eigenvalue weighted by Gasteiger charge is -2.01. The van der Waals surface area contributed by atoms with Crippen molar-refractivity contribution in [3.63, 3.8) is 0 Å². The van der Waals surface area contributed by atoms with Crippen LogP contribution in [-0.4, -0.2) is 25.0 Å². The second kappa shape index (κ2) is 7.45. The van der Waals surface area contributed by atoms with Gasteiger partial charge in [0.2, 0.25) is 0 Å². The molecule has 0 spiro atoms. The van der Waals surface area contributed by atoms with E-state index in [-0.39, 0.29) is 4.70 Å². The lowest BCUT2D eigenvalue weighted by molar-refractivity contribution is 0.418. The molecule has 0 N–H and O–H groups in total. The summed E-state index contributed by atoms with van der Waals surface area (Å²) < 4.78 is 0. The average Bonchev–Trinajstić information content (AvgIpc) is 2.24. The van der Waals surface area contributed by atoms with Gasteiger partial charge < -0.3 is 4.90 Å². The van der Waals surface area contributed by atoms with Crippen molar-refractivity contribution in [2.75, 3.05) is 20.1 Å². The van der Waals surface area contributed by atoms with E-state index in [0.29, 0.717) is 0 Å². The molecule has 1 saturated heterocycles. The van der Waals surface area contributed by atoms with Crippen LogP contribution in [0.5, 0.6) is 0 Å². The molecular weight excluding hydrogens is 117 g/mol. The van der Waals surface area contributed by atoms with E-state index in [1.165, 1.54) is 25.9 Å². The minimum Gasteiger partial charge on any atom is -0.306 e. The molecule has 54 valence electrons. The maximum atomic E-state index is 4.00. The largest absolute Gasteiger partial charge is 0.306 e. The molecule has 0 radical (unpaired) electrons. The topological polar surface area (TPSA) is 3.24 Å². The Bertz CT molecular complexity index is 64.6. The zero-order valence-electron chi connectivity index (χ0n) is 5.84. The summed E-state index contributed by atoms with van der Waals surface area (Å²) >= 11 is 0. The van der Waals surface area contributed by atoms with Gasteiger partial charge in [-0.1, -0.05) is 0 Å². The van der Waals surface area contributed by atoms with Crippen molar-refractivity contribution in [2.24, 2.45) is 0 Å². The van der Waals surface area contributed by atoms with Gasteiger partial charge in [0, 0.05) is 0 Å². The van der Waals surface area contributed by atoms with E-state index in [0.717, 1.165) is 0 Å². The van der Waals surface area contributed by atoms with Crippen molar-refractivity contribution in [3.8, 4) is 12.8 Å². The number of hydrogen-bond acceptors (Lipinski definition) is 1. The van der Waals surface area contributed by atoms with Crippen molar-refractivity contribution in [3.05, 3.63) is 0 Å². The number of halogens is 1. The Labute approximate surface area is 56.4 Å². The van der Waals surface area contributed by atoms with E-state index in [4.69, 9.17) is 0 Å². The summed E-state index contributed by atoms with van der Waals surface area (Å²) in [7, 11) is 2.17. The van der Waals surface area contributed by atoms with Gasteiger partial charge in [0.25, 0.3) is 0 Å². The molecule has 2 heteroatoms. The Morgan fingerprint density at radius 2 is 1.44 bits per heavy atom. The molecule has 0 amide bonds. The molecule has 0 bridgehead atoms. The number of terminal acetylenes is 1. The second-order valence-electron chi connectivity index (χ2n) is 2.01. The number of likely N-dealkylation sites (tertiary alicyclic amines) is 1. The first kappa shape index (κ1) is 11.3. The third-order valence-electron chi connectivity index (χ3n) is 1.33. The fourth-order valence-electron chi connectivity index (χ4n) is 0.875. The zero-order valence-corrected chi connectivity index (χ0v) is 5.84. The molecule has 9 heavy (non-hydrogen) atoms. The summed E-state index contributed by atoms with van der Waals surface area (Å²) in [4.78, 5) is 2.36. The first-order valence-electron chi connectivity index (χ1n) is 2.91. The highest BCUT2D eigenvalue weighted by molar-refractivity contribution is 4.59. The zero-order chi connectivity index (χ0) is 6.41. The Kier molecular flexibility index (Phi) is 9.33. The molecule has 0 aromatic rings. The minimum absolute atomic E-state index is 0. The first-order chi connectivity index (χ1) is 3.89. The Morgan fingerprint density at radius 3 is 1.56 bits per heavy atom. The van der Waals surface area contributed by atoms with E-state index in [9.17, 15) is 0 Å². The van der Waals surface area contributed by atoms with E-state index in [2.05, 4.69) is 24.8 Å². The molecule has 0 atom stereocenters. The van der Waals surface area contributed by atoms with Crippen LogP contribution in [0.4, 0.5) is 4.70 Å². The van der Waals surface area contributed by atoms with Crippen molar-refractivity contribution in [2.45, 2.75) is 12.8 Å². The number of hydrogen-bond donors (Lipinski definition) is 0. The molecular formula is C7H14FN. The molecule has 1 fully saturated rings. The van der Waals surface area contributed by atoms with Gasteiger partial charge >= 0.3 is 0 Å². The molecule has 0 saturated carbocycles. The summed E-state index contributed by atoms with van der Waals surface area (Å²) in [6.45, 7) is 2.64. The monoisotopic (exact) mass is 131 g/mol. The Hall–Kier alpha value is -0.550. The molecule has 1 aliphatic rings. The average molecular weight is 131 g/mol. The van der Waals surface area contributed by atoms with Crippen LogP contribution in [0.2, 0.25) is 0 Å². The highest BCUT2D eigenvalue weighted by Gasteiger charge is 2.03. The van der Waals surface area contributed by atoms with Crippen LogP contribution in [0.25, 0.3) is 0 Å². The summed E-state index contributed by atoms with van der Waals surface area (Å²) in [5, 5.41) is 0. The van der Waals surface area contributed by atoms with Gasteiger partial charge in [-0.25, -0.2) is 0 Å². The first-order valence-corrected chi connectivity index (χ1v) is 2.91. The number of rotatable bonds is 0. The van der Waals surface area contributed by atoms with Gasteiger partial charge in [0.15, 0.2) is 0 Å². The highest BCUT2D eigenvalue weighted by Crippen LogP contribution is 2.01. The molecule has 1 nitrogen and oxygen atoms in total. The molecule has 0 aromatic heterocycles. The summed E-state index contributed by atoms with van der Waals surface area (Å²) in [5.41, 5.74) is 0. The second-order valence-corrected chi connectivity index (χ2v) is 2.01. The smallest absolute Gasteiger partial charge is 0.00213 e. The lowest BCUT2D eigenvalue weighted by Crippen LogP contribution is -2.10. The van der Waals surface area contributed by atoms with Crippen molar-refractivity contribution in [1.29, 1.82) is 0 Å².